The molecule has 0 aromatic heterocycles. The fourth-order valence-electron chi connectivity index (χ4n) is 1.43. The van der Waals surface area contributed by atoms with Gasteiger partial charge in [-0.15, -0.1) is 0 Å². The lowest BCUT2D eigenvalue weighted by molar-refractivity contribution is -0.142. The minimum Gasteiger partial charge on any atom is -0.468 e. The van der Waals surface area contributed by atoms with E-state index in [-0.39, 0.29) is 10.6 Å². The molecule has 7 heteroatoms. The predicted molar refractivity (Wildman–Crippen MR) is 67.4 cm³/mol. The maximum absolute atomic E-state index is 12.0. The molecule has 0 radical (unpaired) electrons. The van der Waals surface area contributed by atoms with E-state index in [2.05, 4.69) is 9.46 Å². The molecule has 6 nitrogen and oxygen atoms in total. The number of sulfonamides is 1. The second kappa shape index (κ2) is 5.36. The number of ether oxygens (including phenoxy) is 1. The number of esters is 1. The topological polar surface area (TPSA) is 98.5 Å². The Morgan fingerprint density at radius 2 is 2.06 bits per heavy atom. The lowest BCUT2D eigenvalue weighted by Gasteiger charge is -2.13. The van der Waals surface area contributed by atoms with E-state index in [0.29, 0.717) is 0 Å². The quantitative estimate of drug-likeness (QED) is 0.611. The Hall–Kier alpha value is -1.60. The Bertz CT molecular complexity index is 554. The normalized spacial score (nSPS) is 13.1. The first-order chi connectivity index (χ1) is 8.27. The second-order valence-corrected chi connectivity index (χ2v) is 5.59. The maximum atomic E-state index is 12.0. The van der Waals surface area contributed by atoms with E-state index in [1.54, 1.807) is 19.1 Å². The van der Waals surface area contributed by atoms with Gasteiger partial charge in [-0.3, -0.25) is 4.79 Å². The van der Waals surface area contributed by atoms with Crippen molar-refractivity contribution in [1.82, 2.24) is 4.72 Å². The van der Waals surface area contributed by atoms with Crippen LogP contribution in [-0.2, 0) is 19.6 Å². The van der Waals surface area contributed by atoms with E-state index in [0.717, 1.165) is 5.56 Å². The fourth-order valence-corrected chi connectivity index (χ4v) is 2.74. The van der Waals surface area contributed by atoms with Crippen molar-refractivity contribution in [3.63, 3.8) is 0 Å². The number of hydrogen-bond acceptors (Lipinski definition) is 5. The smallest absolute Gasteiger partial charge is 0.323 e. The Labute approximate surface area is 106 Å². The Morgan fingerprint density at radius 1 is 1.44 bits per heavy atom. The largest absolute Gasteiger partial charge is 0.468 e. The fraction of sp³-hybridized carbons (Fsp3) is 0.364. The summed E-state index contributed by atoms with van der Waals surface area (Å²) >= 11 is 0. The molecule has 0 aliphatic rings. The van der Waals surface area contributed by atoms with Gasteiger partial charge in [0, 0.05) is 0 Å². The van der Waals surface area contributed by atoms with Gasteiger partial charge < -0.3 is 10.5 Å². The van der Waals surface area contributed by atoms with Crippen LogP contribution in [-0.4, -0.2) is 27.5 Å². The van der Waals surface area contributed by atoms with Crippen LogP contribution < -0.4 is 10.5 Å². The third-order valence-electron chi connectivity index (χ3n) is 2.34. The van der Waals surface area contributed by atoms with Gasteiger partial charge in [-0.1, -0.05) is 6.07 Å². The van der Waals surface area contributed by atoms with Gasteiger partial charge in [0.1, 0.15) is 10.9 Å². The molecule has 1 unspecified atom stereocenters. The van der Waals surface area contributed by atoms with Crippen molar-refractivity contribution in [2.75, 3.05) is 12.8 Å². The van der Waals surface area contributed by atoms with Gasteiger partial charge >= 0.3 is 5.97 Å². The van der Waals surface area contributed by atoms with Gasteiger partial charge in [-0.05, 0) is 31.5 Å². The molecule has 100 valence electrons. The number of benzene rings is 1. The van der Waals surface area contributed by atoms with Crippen molar-refractivity contribution in [1.29, 1.82) is 0 Å². The number of anilines is 1. The average Bonchev–Trinajstić information content (AvgIpc) is 2.26. The summed E-state index contributed by atoms with van der Waals surface area (Å²) in [5.41, 5.74) is 6.65. The van der Waals surface area contributed by atoms with Crippen molar-refractivity contribution in [3.8, 4) is 0 Å². The number of nitrogens with two attached hydrogens (primary N) is 1. The molecular weight excluding hydrogens is 256 g/mol. The summed E-state index contributed by atoms with van der Waals surface area (Å²) in [6, 6.07) is 3.61. The summed E-state index contributed by atoms with van der Waals surface area (Å²) in [6.45, 7) is 3.20. The Balaban J connectivity index is 3.04. The van der Waals surface area contributed by atoms with Crippen LogP contribution >= 0.6 is 0 Å². The van der Waals surface area contributed by atoms with Crippen molar-refractivity contribution in [3.05, 3.63) is 23.8 Å². The van der Waals surface area contributed by atoms with E-state index >= 15 is 0 Å². The predicted octanol–water partition coefficient (Wildman–Crippen LogP) is 0.417. The number of nitrogens with one attached hydrogen (secondary N) is 1. The van der Waals surface area contributed by atoms with Crippen LogP contribution in [0.15, 0.2) is 23.1 Å². The van der Waals surface area contributed by atoms with Crippen LogP contribution in [0.1, 0.15) is 12.5 Å². The van der Waals surface area contributed by atoms with E-state index in [1.165, 1.54) is 20.1 Å². The molecule has 0 bridgehead atoms. The highest BCUT2D eigenvalue weighted by Gasteiger charge is 2.24. The molecule has 0 aliphatic heterocycles. The van der Waals surface area contributed by atoms with Crippen LogP contribution in [0.2, 0.25) is 0 Å². The third kappa shape index (κ3) is 3.21. The molecule has 0 aliphatic carbocycles. The van der Waals surface area contributed by atoms with E-state index in [1.807, 2.05) is 0 Å². The molecule has 1 aromatic rings. The zero-order valence-electron chi connectivity index (χ0n) is 10.4. The summed E-state index contributed by atoms with van der Waals surface area (Å²) in [6.07, 6.45) is 0. The van der Waals surface area contributed by atoms with E-state index in [9.17, 15) is 13.2 Å². The molecule has 0 heterocycles. The van der Waals surface area contributed by atoms with Crippen molar-refractivity contribution < 1.29 is 17.9 Å². The maximum Gasteiger partial charge on any atom is 0.323 e. The highest BCUT2D eigenvalue weighted by molar-refractivity contribution is 7.89. The molecular formula is C11H16N2O4S. The summed E-state index contributed by atoms with van der Waals surface area (Å²) in [4.78, 5) is 11.1. The standard InChI is InChI=1S/C11H16N2O4S/c1-7-4-5-10(9(12)6-7)18(15,16)13-8(2)11(14)17-3/h4-6,8,13H,12H2,1-3H3. The first-order valence-corrected chi connectivity index (χ1v) is 6.72. The molecule has 1 rings (SSSR count). The van der Waals surface area contributed by atoms with Crippen molar-refractivity contribution >= 4 is 21.7 Å². The summed E-state index contributed by atoms with van der Waals surface area (Å²) in [5, 5.41) is 0. The number of methoxy groups -OCH3 is 1. The van der Waals surface area contributed by atoms with Crippen molar-refractivity contribution in [2.45, 2.75) is 24.8 Å². The highest BCUT2D eigenvalue weighted by atomic mass is 32.2. The van der Waals surface area contributed by atoms with Crippen LogP contribution in [0, 0.1) is 6.92 Å². The molecule has 0 amide bonds. The third-order valence-corrected chi connectivity index (χ3v) is 3.96. The van der Waals surface area contributed by atoms with E-state index in [4.69, 9.17) is 5.73 Å². The Kier molecular flexibility index (Phi) is 4.31. The number of carbonyl (C=O) groups excluding carboxylic acids is 1. The van der Waals surface area contributed by atoms with Gasteiger partial charge in [0.05, 0.1) is 12.8 Å². The van der Waals surface area contributed by atoms with Crippen LogP contribution in [0.5, 0.6) is 0 Å². The monoisotopic (exact) mass is 272 g/mol. The summed E-state index contributed by atoms with van der Waals surface area (Å²) in [5.74, 6) is -0.663. The molecule has 1 aromatic carbocycles. The van der Waals surface area contributed by atoms with Gasteiger partial charge in [-0.2, -0.15) is 4.72 Å². The number of aryl methyl sites for hydroxylation is 1. The van der Waals surface area contributed by atoms with Gasteiger partial charge in [0.25, 0.3) is 0 Å². The highest BCUT2D eigenvalue weighted by Crippen LogP contribution is 2.19. The van der Waals surface area contributed by atoms with Crippen LogP contribution in [0.3, 0.4) is 0 Å². The SMILES string of the molecule is COC(=O)C(C)NS(=O)(=O)c1ccc(C)cc1N. The molecule has 0 saturated carbocycles. The summed E-state index contributed by atoms with van der Waals surface area (Å²) < 4.78 is 30.6. The first kappa shape index (κ1) is 14.5. The minimum atomic E-state index is -3.84. The number of rotatable bonds is 4. The first-order valence-electron chi connectivity index (χ1n) is 5.24. The zero-order chi connectivity index (χ0) is 13.9. The molecule has 3 N–H and O–H groups in total. The molecule has 0 fully saturated rings. The molecule has 0 spiro atoms. The minimum absolute atomic E-state index is 0.0520. The van der Waals surface area contributed by atoms with Crippen LogP contribution in [0.4, 0.5) is 5.69 Å². The number of nitrogen functional groups attached to an aromatic ring is 1. The van der Waals surface area contributed by atoms with Gasteiger partial charge in [0.15, 0.2) is 0 Å². The average molecular weight is 272 g/mol. The lowest BCUT2D eigenvalue weighted by atomic mass is 10.2. The van der Waals surface area contributed by atoms with Gasteiger partial charge in [0.2, 0.25) is 10.0 Å². The lowest BCUT2D eigenvalue weighted by Crippen LogP contribution is -2.39. The molecule has 0 saturated heterocycles. The van der Waals surface area contributed by atoms with Gasteiger partial charge in [-0.25, -0.2) is 8.42 Å². The Morgan fingerprint density at radius 3 is 2.56 bits per heavy atom. The molecule has 18 heavy (non-hydrogen) atoms. The second-order valence-electron chi connectivity index (χ2n) is 3.91. The molecule has 1 atom stereocenters. The van der Waals surface area contributed by atoms with Crippen LogP contribution in [0.25, 0.3) is 0 Å². The number of carbonyl (C=O) groups is 1. The summed E-state index contributed by atoms with van der Waals surface area (Å²) in [7, 11) is -2.65. The number of hydrogen-bond donors (Lipinski definition) is 2. The zero-order valence-corrected chi connectivity index (χ0v) is 11.2. The van der Waals surface area contributed by atoms with Crippen molar-refractivity contribution in [2.24, 2.45) is 0 Å². The van der Waals surface area contributed by atoms with E-state index < -0.39 is 22.0 Å².